The van der Waals surface area contributed by atoms with Crippen LogP contribution in [-0.2, 0) is 4.79 Å². The minimum atomic E-state index is -0.690. The first-order valence-corrected chi connectivity index (χ1v) is 10.4. The van der Waals surface area contributed by atoms with Gasteiger partial charge in [0, 0.05) is 50.3 Å². The lowest BCUT2D eigenvalue weighted by Crippen LogP contribution is -2.48. The topological polar surface area (TPSA) is 134 Å². The molecule has 174 valence electrons. The van der Waals surface area contributed by atoms with E-state index >= 15 is 0 Å². The third-order valence-electron chi connectivity index (χ3n) is 5.22. The number of amides is 3. The van der Waals surface area contributed by atoms with E-state index in [0.29, 0.717) is 49.8 Å². The Balaban J connectivity index is 1.66. The number of piperazine rings is 1. The summed E-state index contributed by atoms with van der Waals surface area (Å²) in [6.07, 6.45) is 0. The molecule has 2 N–H and O–H groups in total. The highest BCUT2D eigenvalue weighted by Gasteiger charge is 2.26. The van der Waals surface area contributed by atoms with Crippen LogP contribution >= 0.6 is 0 Å². The summed E-state index contributed by atoms with van der Waals surface area (Å²) in [6.45, 7) is 5.66. The second-order valence-corrected chi connectivity index (χ2v) is 7.32. The molecule has 0 aliphatic carbocycles. The first-order chi connectivity index (χ1) is 15.8. The number of nitrogens with one attached hydrogen (secondary N) is 2. The molecule has 1 fully saturated rings. The molecule has 1 aliphatic heterocycles. The molecule has 33 heavy (non-hydrogen) atoms. The summed E-state index contributed by atoms with van der Waals surface area (Å²) in [4.78, 5) is 50.8. The Labute approximate surface area is 190 Å². The zero-order valence-electron chi connectivity index (χ0n) is 18.4. The van der Waals surface area contributed by atoms with Crippen molar-refractivity contribution >= 4 is 29.1 Å². The third kappa shape index (κ3) is 5.76. The van der Waals surface area contributed by atoms with Crippen LogP contribution in [0.5, 0.6) is 5.75 Å². The van der Waals surface area contributed by atoms with Crippen molar-refractivity contribution in [2.45, 2.75) is 13.8 Å². The van der Waals surface area contributed by atoms with Crippen molar-refractivity contribution < 1.29 is 24.0 Å². The number of nitro benzene ring substituents is 1. The second-order valence-electron chi connectivity index (χ2n) is 7.32. The lowest BCUT2D eigenvalue weighted by molar-refractivity contribution is -0.384. The molecule has 11 heteroatoms. The molecule has 0 saturated carbocycles. The van der Waals surface area contributed by atoms with Crippen LogP contribution in [0.4, 0.5) is 11.4 Å². The van der Waals surface area contributed by atoms with Gasteiger partial charge in [-0.05, 0) is 43.3 Å². The molecule has 0 aromatic heterocycles. The van der Waals surface area contributed by atoms with Crippen LogP contribution in [0, 0.1) is 10.1 Å². The molecular weight excluding hydrogens is 430 g/mol. The highest BCUT2D eigenvalue weighted by molar-refractivity contribution is 5.99. The number of carbonyl (C=O) groups excluding carboxylic acids is 3. The summed E-state index contributed by atoms with van der Waals surface area (Å²) >= 11 is 0. The van der Waals surface area contributed by atoms with E-state index in [1.807, 2.05) is 11.8 Å². The zero-order chi connectivity index (χ0) is 24.0. The number of benzene rings is 2. The van der Waals surface area contributed by atoms with Gasteiger partial charge in [0.15, 0.2) is 0 Å². The quantitative estimate of drug-likeness (QED) is 0.500. The van der Waals surface area contributed by atoms with Crippen LogP contribution in [0.25, 0.3) is 0 Å². The summed E-state index contributed by atoms with van der Waals surface area (Å²) < 4.78 is 5.32. The van der Waals surface area contributed by atoms with Crippen LogP contribution in [-0.4, -0.2) is 60.3 Å². The fraction of sp³-hybridized carbons (Fsp3) is 0.318. The second kappa shape index (κ2) is 10.4. The number of ether oxygens (including phenoxy) is 1. The average Bonchev–Trinajstić information content (AvgIpc) is 2.82. The molecule has 1 aliphatic rings. The molecule has 1 heterocycles. The van der Waals surface area contributed by atoms with E-state index in [1.165, 1.54) is 25.1 Å². The highest BCUT2D eigenvalue weighted by Crippen LogP contribution is 2.30. The maximum atomic E-state index is 12.5. The Morgan fingerprint density at radius 2 is 1.55 bits per heavy atom. The summed E-state index contributed by atoms with van der Waals surface area (Å²) in [7, 11) is 0. The van der Waals surface area contributed by atoms with Crippen molar-refractivity contribution in [1.82, 2.24) is 15.8 Å². The Hall–Kier alpha value is -4.15. The maximum Gasteiger partial charge on any atom is 0.293 e. The molecule has 0 atom stereocenters. The van der Waals surface area contributed by atoms with Crippen molar-refractivity contribution in [2.75, 3.05) is 37.7 Å². The first kappa shape index (κ1) is 23.5. The number of hydrogen-bond acceptors (Lipinski definition) is 7. The molecule has 0 spiro atoms. The van der Waals surface area contributed by atoms with Gasteiger partial charge < -0.3 is 14.5 Å². The number of anilines is 1. The third-order valence-corrected chi connectivity index (χ3v) is 5.22. The van der Waals surface area contributed by atoms with E-state index in [2.05, 4.69) is 10.9 Å². The Morgan fingerprint density at radius 1 is 0.970 bits per heavy atom. The summed E-state index contributed by atoms with van der Waals surface area (Å²) in [5.41, 5.74) is 5.05. The number of nitro groups is 1. The number of carbonyl (C=O) groups is 3. The molecule has 0 unspecified atom stereocenters. The largest absolute Gasteiger partial charge is 0.494 e. The summed E-state index contributed by atoms with van der Waals surface area (Å²) in [5, 5.41) is 11.6. The molecule has 0 radical (unpaired) electrons. The number of rotatable bonds is 6. The predicted molar refractivity (Wildman–Crippen MR) is 120 cm³/mol. The molecule has 3 rings (SSSR count). The molecular formula is C22H25N5O6. The number of nitrogens with zero attached hydrogens (tertiary/aromatic N) is 3. The van der Waals surface area contributed by atoms with Gasteiger partial charge in [0.05, 0.1) is 11.5 Å². The SMILES string of the molecule is CCOc1ccc(C(=O)NNC(=O)c2ccc(N3CCN(C(C)=O)CC3)c([N+](=O)[O-])c2)cc1. The average molecular weight is 455 g/mol. The Kier molecular flexibility index (Phi) is 7.44. The van der Waals surface area contributed by atoms with Crippen LogP contribution in [0.15, 0.2) is 42.5 Å². The highest BCUT2D eigenvalue weighted by atomic mass is 16.6. The van der Waals surface area contributed by atoms with Crippen LogP contribution in [0.2, 0.25) is 0 Å². The first-order valence-electron chi connectivity index (χ1n) is 10.4. The van der Waals surface area contributed by atoms with Crippen LogP contribution < -0.4 is 20.5 Å². The number of hydrazine groups is 1. The normalized spacial score (nSPS) is 13.3. The van der Waals surface area contributed by atoms with Gasteiger partial charge in [0.25, 0.3) is 17.5 Å². The molecule has 2 aromatic rings. The van der Waals surface area contributed by atoms with Crippen molar-refractivity contribution in [3.8, 4) is 5.75 Å². The lowest BCUT2D eigenvalue weighted by atomic mass is 10.1. The van der Waals surface area contributed by atoms with E-state index in [4.69, 9.17) is 4.74 Å². The predicted octanol–water partition coefficient (Wildman–Crippen LogP) is 1.74. The van der Waals surface area contributed by atoms with Gasteiger partial charge in [-0.1, -0.05) is 0 Å². The van der Waals surface area contributed by atoms with Crippen LogP contribution in [0.1, 0.15) is 34.6 Å². The van der Waals surface area contributed by atoms with Gasteiger partial charge in [-0.25, -0.2) is 0 Å². The van der Waals surface area contributed by atoms with E-state index < -0.39 is 16.7 Å². The van der Waals surface area contributed by atoms with Crippen molar-refractivity contribution in [3.05, 3.63) is 63.7 Å². The van der Waals surface area contributed by atoms with Gasteiger partial charge in [-0.15, -0.1) is 0 Å². The van der Waals surface area contributed by atoms with Gasteiger partial charge >= 0.3 is 0 Å². The fourth-order valence-corrected chi connectivity index (χ4v) is 3.47. The zero-order valence-corrected chi connectivity index (χ0v) is 18.4. The lowest BCUT2D eigenvalue weighted by Gasteiger charge is -2.35. The maximum absolute atomic E-state index is 12.5. The van der Waals surface area contributed by atoms with E-state index in [0.717, 1.165) is 0 Å². The van der Waals surface area contributed by atoms with Crippen molar-refractivity contribution in [3.63, 3.8) is 0 Å². The van der Waals surface area contributed by atoms with Gasteiger partial charge in [-0.2, -0.15) is 0 Å². The van der Waals surface area contributed by atoms with E-state index in [9.17, 15) is 24.5 Å². The fourth-order valence-electron chi connectivity index (χ4n) is 3.47. The standard InChI is InChI=1S/C22H25N5O6/c1-3-33-18-7-4-16(5-8-18)21(29)23-24-22(30)17-6-9-19(20(14-17)27(31)32)26-12-10-25(11-13-26)15(2)28/h4-9,14H,3,10-13H2,1-2H3,(H,23,29)(H,24,30). The van der Waals surface area contributed by atoms with Gasteiger partial charge in [0.2, 0.25) is 5.91 Å². The minimum absolute atomic E-state index is 0.0276. The van der Waals surface area contributed by atoms with Crippen molar-refractivity contribution in [1.29, 1.82) is 0 Å². The monoisotopic (exact) mass is 455 g/mol. The summed E-state index contributed by atoms with van der Waals surface area (Å²) in [6, 6.07) is 10.5. The Morgan fingerprint density at radius 3 is 2.09 bits per heavy atom. The van der Waals surface area contributed by atoms with Crippen molar-refractivity contribution in [2.24, 2.45) is 0 Å². The minimum Gasteiger partial charge on any atom is -0.494 e. The molecule has 1 saturated heterocycles. The molecule has 0 bridgehead atoms. The van der Waals surface area contributed by atoms with E-state index in [-0.39, 0.29) is 17.2 Å². The molecule has 11 nitrogen and oxygen atoms in total. The van der Waals surface area contributed by atoms with E-state index in [1.54, 1.807) is 29.2 Å². The summed E-state index contributed by atoms with van der Waals surface area (Å²) in [5.74, 6) is -0.650. The number of hydrogen-bond donors (Lipinski definition) is 2. The Bertz CT molecular complexity index is 1050. The molecule has 3 amide bonds. The van der Waals surface area contributed by atoms with Gasteiger partial charge in [0.1, 0.15) is 11.4 Å². The van der Waals surface area contributed by atoms with Gasteiger partial charge in [-0.3, -0.25) is 35.3 Å². The van der Waals surface area contributed by atoms with Crippen LogP contribution in [0.3, 0.4) is 0 Å². The molecule has 2 aromatic carbocycles. The smallest absolute Gasteiger partial charge is 0.293 e.